The molecular weight excluding hydrogens is 381 g/mol. The predicted molar refractivity (Wildman–Crippen MR) is 94.0 cm³/mol. The fourth-order valence-corrected chi connectivity index (χ4v) is 2.68. The van der Waals surface area contributed by atoms with Crippen molar-refractivity contribution in [3.05, 3.63) is 70.7 Å². The number of hydrogen-bond acceptors (Lipinski definition) is 5. The molecule has 1 amide bonds. The molecule has 1 heterocycles. The van der Waals surface area contributed by atoms with E-state index in [1.807, 2.05) is 5.38 Å². The molecule has 9 heteroatoms. The van der Waals surface area contributed by atoms with Gasteiger partial charge in [-0.3, -0.25) is 4.79 Å². The van der Waals surface area contributed by atoms with Crippen molar-refractivity contribution in [1.29, 1.82) is 0 Å². The molecule has 140 valence electrons. The van der Waals surface area contributed by atoms with Crippen molar-refractivity contribution < 1.29 is 27.4 Å². The van der Waals surface area contributed by atoms with Gasteiger partial charge in [0.1, 0.15) is 18.1 Å². The van der Waals surface area contributed by atoms with Crippen molar-refractivity contribution in [2.75, 3.05) is 5.32 Å². The summed E-state index contributed by atoms with van der Waals surface area (Å²) < 4.78 is 45.9. The van der Waals surface area contributed by atoms with Gasteiger partial charge in [-0.25, -0.2) is 4.98 Å². The number of amides is 1. The number of nitrogens with one attached hydrogen (secondary N) is 1. The number of rotatable bonds is 6. The van der Waals surface area contributed by atoms with Gasteiger partial charge in [-0.15, -0.1) is 24.5 Å². The maximum atomic E-state index is 12.3. The highest BCUT2D eigenvalue weighted by molar-refractivity contribution is 7.07. The van der Waals surface area contributed by atoms with E-state index in [2.05, 4.69) is 15.0 Å². The van der Waals surface area contributed by atoms with Gasteiger partial charge in [-0.1, -0.05) is 6.07 Å². The zero-order chi connectivity index (χ0) is 19.3. The van der Waals surface area contributed by atoms with Crippen molar-refractivity contribution >= 4 is 22.9 Å². The summed E-state index contributed by atoms with van der Waals surface area (Å²) in [5, 5.41) is 4.47. The molecule has 1 aromatic heterocycles. The quantitative estimate of drug-likeness (QED) is 0.648. The molecule has 0 bridgehead atoms. The third-order valence-electron chi connectivity index (χ3n) is 3.31. The SMILES string of the molecule is O=C(Nc1ccc(OC(F)(F)F)cc1)c1cccc(OCc2cscn2)c1. The Labute approximate surface area is 156 Å². The minimum Gasteiger partial charge on any atom is -0.487 e. The van der Waals surface area contributed by atoms with Crippen LogP contribution < -0.4 is 14.8 Å². The van der Waals surface area contributed by atoms with Crippen LogP contribution in [-0.4, -0.2) is 17.3 Å². The van der Waals surface area contributed by atoms with Crippen LogP contribution in [0.3, 0.4) is 0 Å². The topological polar surface area (TPSA) is 60.5 Å². The molecule has 2 aromatic carbocycles. The van der Waals surface area contributed by atoms with Gasteiger partial charge in [-0.2, -0.15) is 0 Å². The maximum Gasteiger partial charge on any atom is 0.573 e. The first kappa shape index (κ1) is 18.7. The Bertz CT molecular complexity index is 897. The predicted octanol–water partition coefficient (Wildman–Crippen LogP) is 4.87. The van der Waals surface area contributed by atoms with Crippen LogP contribution in [-0.2, 0) is 6.61 Å². The maximum absolute atomic E-state index is 12.3. The van der Waals surface area contributed by atoms with Gasteiger partial charge >= 0.3 is 6.36 Å². The second-order valence-electron chi connectivity index (χ2n) is 5.32. The highest BCUT2D eigenvalue weighted by Gasteiger charge is 2.30. The van der Waals surface area contributed by atoms with E-state index in [0.29, 0.717) is 17.0 Å². The number of nitrogens with zero attached hydrogens (tertiary/aromatic N) is 1. The first-order valence-corrected chi connectivity index (χ1v) is 8.60. The number of benzene rings is 2. The molecule has 0 aliphatic carbocycles. The van der Waals surface area contributed by atoms with E-state index in [4.69, 9.17) is 4.74 Å². The fraction of sp³-hybridized carbons (Fsp3) is 0.111. The number of hydrogen-bond donors (Lipinski definition) is 1. The largest absolute Gasteiger partial charge is 0.573 e. The van der Waals surface area contributed by atoms with Gasteiger partial charge in [0.05, 0.1) is 11.2 Å². The van der Waals surface area contributed by atoms with E-state index in [0.717, 1.165) is 17.8 Å². The first-order chi connectivity index (χ1) is 12.9. The van der Waals surface area contributed by atoms with Crippen LogP contribution >= 0.6 is 11.3 Å². The molecule has 0 aliphatic heterocycles. The Hall–Kier alpha value is -3.07. The van der Waals surface area contributed by atoms with Gasteiger partial charge in [0, 0.05) is 16.6 Å². The third-order valence-corrected chi connectivity index (χ3v) is 3.95. The molecule has 0 fully saturated rings. The molecule has 0 spiro atoms. The minimum absolute atomic E-state index is 0.287. The number of carbonyl (C=O) groups excluding carboxylic acids is 1. The second kappa shape index (κ2) is 8.09. The Morgan fingerprint density at radius 2 is 1.89 bits per heavy atom. The summed E-state index contributed by atoms with van der Waals surface area (Å²) in [6, 6.07) is 11.4. The third kappa shape index (κ3) is 5.71. The molecule has 0 saturated carbocycles. The minimum atomic E-state index is -4.76. The summed E-state index contributed by atoms with van der Waals surface area (Å²) in [5.74, 6) is -0.277. The molecule has 1 N–H and O–H groups in total. The lowest BCUT2D eigenvalue weighted by Gasteiger charge is -2.10. The number of alkyl halides is 3. The van der Waals surface area contributed by atoms with Crippen molar-refractivity contribution in [1.82, 2.24) is 4.98 Å². The summed E-state index contributed by atoms with van der Waals surface area (Å²) >= 11 is 1.46. The Kier molecular flexibility index (Phi) is 5.60. The van der Waals surface area contributed by atoms with Crippen LogP contribution in [0.25, 0.3) is 0 Å². The van der Waals surface area contributed by atoms with Gasteiger partial charge in [-0.05, 0) is 42.5 Å². The Morgan fingerprint density at radius 1 is 1.11 bits per heavy atom. The highest BCUT2D eigenvalue weighted by Crippen LogP contribution is 2.24. The van der Waals surface area contributed by atoms with Gasteiger partial charge in [0.15, 0.2) is 0 Å². The molecule has 0 unspecified atom stereocenters. The van der Waals surface area contributed by atoms with Crippen LogP contribution in [0.2, 0.25) is 0 Å². The molecule has 27 heavy (non-hydrogen) atoms. The van der Waals surface area contributed by atoms with E-state index >= 15 is 0 Å². The Balaban J connectivity index is 1.61. The smallest absolute Gasteiger partial charge is 0.487 e. The van der Waals surface area contributed by atoms with E-state index < -0.39 is 12.3 Å². The normalized spacial score (nSPS) is 11.1. The lowest BCUT2D eigenvalue weighted by atomic mass is 10.2. The van der Waals surface area contributed by atoms with Crippen molar-refractivity contribution in [3.8, 4) is 11.5 Å². The average Bonchev–Trinajstić information content (AvgIpc) is 3.14. The highest BCUT2D eigenvalue weighted by atomic mass is 32.1. The van der Waals surface area contributed by atoms with Gasteiger partial charge in [0.2, 0.25) is 0 Å². The lowest BCUT2D eigenvalue weighted by molar-refractivity contribution is -0.274. The molecule has 0 radical (unpaired) electrons. The van der Waals surface area contributed by atoms with Crippen LogP contribution in [0.4, 0.5) is 18.9 Å². The number of thiazole rings is 1. The van der Waals surface area contributed by atoms with Crippen LogP contribution in [0.1, 0.15) is 16.1 Å². The molecule has 3 rings (SSSR count). The zero-order valence-electron chi connectivity index (χ0n) is 13.7. The molecule has 0 saturated heterocycles. The van der Waals surface area contributed by atoms with E-state index in [9.17, 15) is 18.0 Å². The van der Waals surface area contributed by atoms with Crippen molar-refractivity contribution in [2.45, 2.75) is 13.0 Å². The molecular formula is C18H13F3N2O3S. The standard InChI is InChI=1S/C18H13F3N2O3S/c19-18(20,21)26-15-6-4-13(5-7-15)23-17(24)12-2-1-3-16(8-12)25-9-14-10-27-11-22-14/h1-8,10-11H,9H2,(H,23,24). The van der Waals surface area contributed by atoms with E-state index in [1.165, 1.54) is 23.5 Å². The summed E-state index contributed by atoms with van der Waals surface area (Å²) in [4.78, 5) is 16.4. The number of carbonyl (C=O) groups is 1. The first-order valence-electron chi connectivity index (χ1n) is 7.66. The summed E-state index contributed by atoms with van der Waals surface area (Å²) in [7, 11) is 0. The van der Waals surface area contributed by atoms with Gasteiger partial charge in [0.25, 0.3) is 5.91 Å². The Morgan fingerprint density at radius 3 is 2.56 bits per heavy atom. The summed E-state index contributed by atoms with van der Waals surface area (Å²) in [6.45, 7) is 0.287. The monoisotopic (exact) mass is 394 g/mol. The van der Waals surface area contributed by atoms with Crippen molar-refractivity contribution in [3.63, 3.8) is 0 Å². The van der Waals surface area contributed by atoms with Crippen LogP contribution in [0, 0.1) is 0 Å². The fourth-order valence-electron chi connectivity index (χ4n) is 2.14. The number of aromatic nitrogens is 1. The van der Waals surface area contributed by atoms with Crippen LogP contribution in [0.15, 0.2) is 59.4 Å². The number of ether oxygens (including phenoxy) is 2. The van der Waals surface area contributed by atoms with Gasteiger partial charge < -0.3 is 14.8 Å². The number of halogens is 3. The second-order valence-corrected chi connectivity index (χ2v) is 6.04. The molecule has 0 atom stereocenters. The summed E-state index contributed by atoms with van der Waals surface area (Å²) in [5.41, 5.74) is 3.17. The van der Waals surface area contributed by atoms with E-state index in [1.54, 1.807) is 29.8 Å². The summed E-state index contributed by atoms with van der Waals surface area (Å²) in [6.07, 6.45) is -4.76. The molecule has 3 aromatic rings. The van der Waals surface area contributed by atoms with E-state index in [-0.39, 0.29) is 12.4 Å². The van der Waals surface area contributed by atoms with Crippen molar-refractivity contribution in [2.24, 2.45) is 0 Å². The molecule has 0 aliphatic rings. The zero-order valence-corrected chi connectivity index (χ0v) is 14.5. The average molecular weight is 394 g/mol. The lowest BCUT2D eigenvalue weighted by Crippen LogP contribution is -2.17. The number of anilines is 1. The molecule has 5 nitrogen and oxygen atoms in total. The van der Waals surface area contributed by atoms with Crippen LogP contribution in [0.5, 0.6) is 11.5 Å².